The maximum atomic E-state index is 12.9. The summed E-state index contributed by atoms with van der Waals surface area (Å²) in [6.07, 6.45) is 1.27. The second-order valence-electron chi connectivity index (χ2n) is 7.02. The number of nitrogens with zero attached hydrogens (tertiary/aromatic N) is 2. The first kappa shape index (κ1) is 20.6. The Hall–Kier alpha value is -2.08. The molecule has 0 saturated carbocycles. The molecule has 0 aliphatic carbocycles. The predicted molar refractivity (Wildman–Crippen MR) is 113 cm³/mol. The van der Waals surface area contributed by atoms with Gasteiger partial charge in [0.15, 0.2) is 0 Å². The fourth-order valence-electron chi connectivity index (χ4n) is 3.42. The molecule has 1 N–H and O–H groups in total. The fourth-order valence-corrected chi connectivity index (χ4v) is 3.85. The maximum Gasteiger partial charge on any atom is 0.253 e. The first-order chi connectivity index (χ1) is 13.4. The van der Waals surface area contributed by atoms with Gasteiger partial charge in [0.05, 0.1) is 17.3 Å². The van der Waals surface area contributed by atoms with Gasteiger partial charge in [-0.25, -0.2) is 0 Å². The predicted octanol–water partition coefficient (Wildman–Crippen LogP) is 4.15. The average molecular weight is 420 g/mol. The lowest BCUT2D eigenvalue weighted by atomic mass is 10.1. The lowest BCUT2D eigenvalue weighted by Crippen LogP contribution is -2.36. The highest BCUT2D eigenvalue weighted by atomic mass is 35.5. The van der Waals surface area contributed by atoms with E-state index in [0.29, 0.717) is 40.8 Å². The van der Waals surface area contributed by atoms with E-state index in [0.717, 1.165) is 12.0 Å². The molecule has 2 amide bonds. The number of likely N-dealkylation sites (N-methyl/N-ethyl adjacent to an activating group) is 1. The summed E-state index contributed by atoms with van der Waals surface area (Å²) in [6.45, 7) is 0.977. The van der Waals surface area contributed by atoms with E-state index in [1.54, 1.807) is 23.1 Å². The van der Waals surface area contributed by atoms with Gasteiger partial charge in [0.25, 0.3) is 5.91 Å². The normalized spacial score (nSPS) is 15.2. The monoisotopic (exact) mass is 419 g/mol. The molecule has 0 aromatic heterocycles. The Morgan fingerprint density at radius 3 is 2.61 bits per heavy atom. The minimum absolute atomic E-state index is 0.0125. The van der Waals surface area contributed by atoms with Crippen LogP contribution < -0.4 is 10.2 Å². The van der Waals surface area contributed by atoms with Gasteiger partial charge in [-0.1, -0.05) is 41.4 Å². The standard InChI is InChI=1S/C21H23Cl2N3O2/c1-25(2)19(15-6-3-4-7-17(15)23)13-24-21(28)16-10-9-14(22)12-18(16)26-11-5-8-20(26)27/h3-4,6-7,9-10,12,19H,5,8,11,13H2,1-2H3,(H,24,28). The molecule has 1 heterocycles. The Bertz CT molecular complexity index is 886. The van der Waals surface area contributed by atoms with Gasteiger partial charge < -0.3 is 15.1 Å². The second kappa shape index (κ2) is 8.95. The molecule has 1 aliphatic heterocycles. The van der Waals surface area contributed by atoms with E-state index in [2.05, 4.69) is 5.32 Å². The molecule has 3 rings (SSSR count). The largest absolute Gasteiger partial charge is 0.350 e. The van der Waals surface area contributed by atoms with Crippen LogP contribution in [0.25, 0.3) is 0 Å². The van der Waals surface area contributed by atoms with Crippen LogP contribution in [0, 0.1) is 0 Å². The van der Waals surface area contributed by atoms with Crippen LogP contribution in [0.4, 0.5) is 5.69 Å². The van der Waals surface area contributed by atoms with Gasteiger partial charge in [0.1, 0.15) is 0 Å². The van der Waals surface area contributed by atoms with Crippen molar-refractivity contribution in [3.8, 4) is 0 Å². The molecule has 1 unspecified atom stereocenters. The van der Waals surface area contributed by atoms with Crippen LogP contribution in [-0.2, 0) is 4.79 Å². The second-order valence-corrected chi connectivity index (χ2v) is 7.86. The Morgan fingerprint density at radius 1 is 1.21 bits per heavy atom. The molecule has 1 fully saturated rings. The van der Waals surface area contributed by atoms with Crippen LogP contribution >= 0.6 is 23.2 Å². The van der Waals surface area contributed by atoms with Crippen LogP contribution in [-0.4, -0.2) is 43.9 Å². The summed E-state index contributed by atoms with van der Waals surface area (Å²) in [5.74, 6) is -0.233. The average Bonchev–Trinajstić information content (AvgIpc) is 3.08. The topological polar surface area (TPSA) is 52.7 Å². The highest BCUT2D eigenvalue weighted by molar-refractivity contribution is 6.31. The molecule has 7 heteroatoms. The van der Waals surface area contributed by atoms with Crippen molar-refractivity contribution in [2.24, 2.45) is 0 Å². The third-order valence-electron chi connectivity index (χ3n) is 4.91. The Morgan fingerprint density at radius 2 is 1.96 bits per heavy atom. The van der Waals surface area contributed by atoms with E-state index in [9.17, 15) is 9.59 Å². The van der Waals surface area contributed by atoms with Crippen LogP contribution in [0.2, 0.25) is 10.0 Å². The van der Waals surface area contributed by atoms with Crippen molar-refractivity contribution in [2.45, 2.75) is 18.9 Å². The van der Waals surface area contributed by atoms with E-state index >= 15 is 0 Å². The molecule has 5 nitrogen and oxygen atoms in total. The summed E-state index contributed by atoms with van der Waals surface area (Å²) in [5.41, 5.74) is 1.95. The van der Waals surface area contributed by atoms with Gasteiger partial charge >= 0.3 is 0 Å². The Labute approximate surface area is 175 Å². The van der Waals surface area contributed by atoms with Gasteiger partial charge in [-0.15, -0.1) is 0 Å². The summed E-state index contributed by atoms with van der Waals surface area (Å²) >= 11 is 12.5. The lowest BCUT2D eigenvalue weighted by Gasteiger charge is -2.26. The minimum atomic E-state index is -0.245. The highest BCUT2D eigenvalue weighted by Gasteiger charge is 2.27. The smallest absolute Gasteiger partial charge is 0.253 e. The molecule has 2 aromatic carbocycles. The number of rotatable bonds is 6. The molecule has 0 bridgehead atoms. The highest BCUT2D eigenvalue weighted by Crippen LogP contribution is 2.29. The fraction of sp³-hybridized carbons (Fsp3) is 0.333. The summed E-state index contributed by atoms with van der Waals surface area (Å²) in [4.78, 5) is 28.8. The number of hydrogen-bond donors (Lipinski definition) is 1. The molecule has 0 radical (unpaired) electrons. The van der Waals surface area contributed by atoms with E-state index < -0.39 is 0 Å². The molecule has 28 heavy (non-hydrogen) atoms. The van der Waals surface area contributed by atoms with Crippen molar-refractivity contribution in [3.05, 3.63) is 63.6 Å². The van der Waals surface area contributed by atoms with E-state index in [1.165, 1.54) is 0 Å². The number of carbonyl (C=O) groups is 2. The van der Waals surface area contributed by atoms with Gasteiger partial charge in [-0.2, -0.15) is 0 Å². The zero-order chi connectivity index (χ0) is 20.3. The molecule has 148 valence electrons. The van der Waals surface area contributed by atoms with E-state index in [1.807, 2.05) is 43.3 Å². The number of halogens is 2. The first-order valence-corrected chi connectivity index (χ1v) is 9.93. The number of nitrogens with one attached hydrogen (secondary N) is 1. The number of carbonyl (C=O) groups excluding carboxylic acids is 2. The van der Waals surface area contributed by atoms with Gasteiger partial charge in [-0.3, -0.25) is 9.59 Å². The summed E-state index contributed by atoms with van der Waals surface area (Å²) in [7, 11) is 3.88. The summed E-state index contributed by atoms with van der Waals surface area (Å²) < 4.78 is 0. The zero-order valence-corrected chi connectivity index (χ0v) is 17.4. The first-order valence-electron chi connectivity index (χ1n) is 9.17. The lowest BCUT2D eigenvalue weighted by molar-refractivity contribution is -0.117. The summed E-state index contributed by atoms with van der Waals surface area (Å²) in [5, 5.41) is 4.14. The van der Waals surface area contributed by atoms with Gasteiger partial charge in [-0.05, 0) is 50.3 Å². The molecule has 2 aromatic rings. The maximum absolute atomic E-state index is 12.9. The third kappa shape index (κ3) is 4.49. The van der Waals surface area contributed by atoms with Crippen molar-refractivity contribution in [2.75, 3.05) is 32.1 Å². The zero-order valence-electron chi connectivity index (χ0n) is 15.9. The number of amides is 2. The number of hydrogen-bond acceptors (Lipinski definition) is 3. The third-order valence-corrected chi connectivity index (χ3v) is 5.49. The SMILES string of the molecule is CN(C)C(CNC(=O)c1ccc(Cl)cc1N1CCCC1=O)c1ccccc1Cl. The van der Waals surface area contributed by atoms with E-state index in [-0.39, 0.29) is 17.9 Å². The number of anilines is 1. The molecule has 0 spiro atoms. The molecule has 1 aliphatic rings. The minimum Gasteiger partial charge on any atom is -0.350 e. The Balaban J connectivity index is 1.81. The van der Waals surface area contributed by atoms with Crippen molar-refractivity contribution in [1.29, 1.82) is 0 Å². The summed E-state index contributed by atoms with van der Waals surface area (Å²) in [6, 6.07) is 12.5. The molecule has 1 saturated heterocycles. The molecular formula is C21H23Cl2N3O2. The molecule has 1 atom stereocenters. The van der Waals surface area contributed by atoms with Crippen LogP contribution in [0.15, 0.2) is 42.5 Å². The van der Waals surface area contributed by atoms with Crippen LogP contribution in [0.5, 0.6) is 0 Å². The van der Waals surface area contributed by atoms with Crippen LogP contribution in [0.3, 0.4) is 0 Å². The van der Waals surface area contributed by atoms with Crippen molar-refractivity contribution in [1.82, 2.24) is 10.2 Å². The Kier molecular flexibility index (Phi) is 6.60. The van der Waals surface area contributed by atoms with Crippen molar-refractivity contribution in [3.63, 3.8) is 0 Å². The van der Waals surface area contributed by atoms with Gasteiger partial charge in [0.2, 0.25) is 5.91 Å². The number of benzene rings is 2. The van der Waals surface area contributed by atoms with Gasteiger partial charge in [0, 0.05) is 29.6 Å². The van der Waals surface area contributed by atoms with Crippen LogP contribution in [0.1, 0.15) is 34.8 Å². The van der Waals surface area contributed by atoms with E-state index in [4.69, 9.17) is 23.2 Å². The van der Waals surface area contributed by atoms with Crippen molar-refractivity contribution >= 4 is 40.7 Å². The molecular weight excluding hydrogens is 397 g/mol. The quantitative estimate of drug-likeness (QED) is 0.764. The van der Waals surface area contributed by atoms with Crippen molar-refractivity contribution < 1.29 is 9.59 Å².